The van der Waals surface area contributed by atoms with Gasteiger partial charge in [-0.15, -0.1) is 0 Å². The van der Waals surface area contributed by atoms with Crippen molar-refractivity contribution in [2.24, 2.45) is 0 Å². The van der Waals surface area contributed by atoms with Crippen LogP contribution in [-0.4, -0.2) is 41.4 Å². The molecule has 1 aromatic heterocycles. The molecule has 0 aliphatic heterocycles. The maximum absolute atomic E-state index is 6.66. The second-order valence-electron chi connectivity index (χ2n) is 15.0. The van der Waals surface area contributed by atoms with Crippen molar-refractivity contribution in [2.45, 2.75) is 182 Å². The normalized spacial score (nSPS) is 11.2. The van der Waals surface area contributed by atoms with Crippen molar-refractivity contribution < 1.29 is 18.9 Å². The Labute approximate surface area is 340 Å². The lowest BCUT2D eigenvalue weighted by Crippen LogP contribution is -2.05. The summed E-state index contributed by atoms with van der Waals surface area (Å²) in [6.07, 6.45) is 29.0. The molecule has 0 aliphatic carbocycles. The van der Waals surface area contributed by atoms with Crippen LogP contribution in [-0.2, 0) is 0 Å². The van der Waals surface area contributed by atoms with E-state index in [1.165, 1.54) is 116 Å². The predicted octanol–water partition coefficient (Wildman–Crippen LogP) is 14.8. The first-order chi connectivity index (χ1) is 27.1. The standard InChI is InChI=1S/C47H74ClN3O4/c1-5-9-13-17-21-25-33-52-39-29-31-41(43(37-39)54-35-27-23-19-15-11-7-3)45-49-46(51-47(48)50-45)42-32-30-40(53-34-26-22-18-14-10-6-2)38-44(42)55-36-28-24-20-16-12-8-4/h29-32,37-38H,5-28,33-36H2,1-4H3. The lowest BCUT2D eigenvalue weighted by atomic mass is 10.1. The quantitative estimate of drug-likeness (QED) is 0.0559. The summed E-state index contributed by atoms with van der Waals surface area (Å²) < 4.78 is 25.3. The summed E-state index contributed by atoms with van der Waals surface area (Å²) >= 11 is 6.66. The number of aromatic nitrogens is 3. The van der Waals surface area contributed by atoms with Crippen LogP contribution in [0, 0.1) is 0 Å². The van der Waals surface area contributed by atoms with E-state index in [-0.39, 0.29) is 5.28 Å². The van der Waals surface area contributed by atoms with Crippen LogP contribution >= 0.6 is 11.6 Å². The summed E-state index contributed by atoms with van der Waals surface area (Å²) in [5, 5.41) is 0.121. The molecule has 0 fully saturated rings. The van der Waals surface area contributed by atoms with Gasteiger partial charge in [-0.2, -0.15) is 9.97 Å². The highest BCUT2D eigenvalue weighted by molar-refractivity contribution is 6.28. The Bertz CT molecular complexity index is 1320. The van der Waals surface area contributed by atoms with Crippen molar-refractivity contribution in [3.8, 4) is 45.8 Å². The molecule has 0 N–H and O–H groups in total. The van der Waals surface area contributed by atoms with Crippen molar-refractivity contribution in [1.82, 2.24) is 15.0 Å². The minimum Gasteiger partial charge on any atom is -0.493 e. The second kappa shape index (κ2) is 30.1. The Morgan fingerprint density at radius 1 is 0.382 bits per heavy atom. The molecule has 3 rings (SSSR count). The van der Waals surface area contributed by atoms with E-state index in [2.05, 4.69) is 37.7 Å². The van der Waals surface area contributed by atoms with Gasteiger partial charge in [0.15, 0.2) is 11.6 Å². The molecule has 0 aliphatic rings. The number of hydrogen-bond donors (Lipinski definition) is 0. The van der Waals surface area contributed by atoms with Crippen LogP contribution in [0.2, 0.25) is 5.28 Å². The van der Waals surface area contributed by atoms with E-state index in [1.807, 2.05) is 36.4 Å². The van der Waals surface area contributed by atoms with Gasteiger partial charge in [0.2, 0.25) is 5.28 Å². The maximum atomic E-state index is 6.66. The van der Waals surface area contributed by atoms with E-state index in [9.17, 15) is 0 Å². The number of hydrogen-bond acceptors (Lipinski definition) is 7. The zero-order valence-electron chi connectivity index (χ0n) is 35.1. The Balaban J connectivity index is 1.82. The molecule has 55 heavy (non-hydrogen) atoms. The molecule has 2 aromatic carbocycles. The van der Waals surface area contributed by atoms with Crippen LogP contribution in [0.5, 0.6) is 23.0 Å². The third-order valence-corrected chi connectivity index (χ3v) is 10.2. The molecular formula is C47H74ClN3O4. The van der Waals surface area contributed by atoms with Crippen molar-refractivity contribution in [3.05, 3.63) is 41.7 Å². The van der Waals surface area contributed by atoms with Crippen LogP contribution in [0.1, 0.15) is 182 Å². The smallest absolute Gasteiger partial charge is 0.226 e. The summed E-state index contributed by atoms with van der Waals surface area (Å²) in [6, 6.07) is 11.9. The maximum Gasteiger partial charge on any atom is 0.226 e. The minimum atomic E-state index is 0.121. The summed E-state index contributed by atoms with van der Waals surface area (Å²) in [5.41, 5.74) is 1.52. The predicted molar refractivity (Wildman–Crippen MR) is 231 cm³/mol. The SMILES string of the molecule is CCCCCCCCOc1ccc(-c2nc(Cl)nc(-c3ccc(OCCCCCCCC)cc3OCCCCCCCC)n2)c(OCCCCCCCC)c1. The molecule has 0 bridgehead atoms. The average Bonchev–Trinajstić information content (AvgIpc) is 3.19. The molecule has 0 spiro atoms. The van der Waals surface area contributed by atoms with Crippen LogP contribution < -0.4 is 18.9 Å². The van der Waals surface area contributed by atoms with Gasteiger partial charge in [0.25, 0.3) is 0 Å². The van der Waals surface area contributed by atoms with E-state index in [0.717, 1.165) is 61.2 Å². The fourth-order valence-electron chi connectivity index (χ4n) is 6.66. The van der Waals surface area contributed by atoms with Gasteiger partial charge in [0.1, 0.15) is 23.0 Å². The van der Waals surface area contributed by atoms with Gasteiger partial charge in [-0.05, 0) is 61.5 Å². The molecule has 0 saturated carbocycles. The first-order valence-corrected chi connectivity index (χ1v) is 22.7. The third-order valence-electron chi connectivity index (χ3n) is 10.0. The summed E-state index contributed by atoms with van der Waals surface area (Å²) in [7, 11) is 0. The molecule has 308 valence electrons. The number of rotatable bonds is 34. The fourth-order valence-corrected chi connectivity index (χ4v) is 6.82. The van der Waals surface area contributed by atoms with Crippen molar-refractivity contribution in [1.29, 1.82) is 0 Å². The van der Waals surface area contributed by atoms with Crippen LogP contribution in [0.25, 0.3) is 22.8 Å². The molecule has 8 heteroatoms. The number of nitrogens with zero attached hydrogens (tertiary/aromatic N) is 3. The lowest BCUT2D eigenvalue weighted by Gasteiger charge is -2.16. The summed E-state index contributed by atoms with van der Waals surface area (Å²) in [5.74, 6) is 3.89. The molecule has 0 radical (unpaired) electrons. The highest BCUT2D eigenvalue weighted by Crippen LogP contribution is 2.36. The Morgan fingerprint density at radius 2 is 0.691 bits per heavy atom. The van der Waals surface area contributed by atoms with E-state index in [0.29, 0.717) is 49.6 Å². The number of unbranched alkanes of at least 4 members (excludes halogenated alkanes) is 20. The Hall–Kier alpha value is -3.06. The first kappa shape index (κ1) is 46.3. The zero-order valence-corrected chi connectivity index (χ0v) is 35.9. The van der Waals surface area contributed by atoms with Crippen LogP contribution in [0.15, 0.2) is 36.4 Å². The van der Waals surface area contributed by atoms with E-state index >= 15 is 0 Å². The van der Waals surface area contributed by atoms with E-state index in [1.54, 1.807) is 0 Å². The average molecular weight is 781 g/mol. The molecule has 0 atom stereocenters. The molecule has 3 aromatic rings. The fraction of sp³-hybridized carbons (Fsp3) is 0.681. The van der Waals surface area contributed by atoms with E-state index < -0.39 is 0 Å². The van der Waals surface area contributed by atoms with Gasteiger partial charge in [-0.3, -0.25) is 0 Å². The van der Waals surface area contributed by atoms with Gasteiger partial charge >= 0.3 is 0 Å². The van der Waals surface area contributed by atoms with Crippen molar-refractivity contribution in [2.75, 3.05) is 26.4 Å². The van der Waals surface area contributed by atoms with Gasteiger partial charge in [0.05, 0.1) is 37.6 Å². The largest absolute Gasteiger partial charge is 0.493 e. The summed E-state index contributed by atoms with van der Waals surface area (Å²) in [6.45, 7) is 11.6. The number of ether oxygens (including phenoxy) is 4. The van der Waals surface area contributed by atoms with Gasteiger partial charge in [-0.1, -0.05) is 156 Å². The molecular weight excluding hydrogens is 706 g/mol. The number of benzene rings is 2. The highest BCUT2D eigenvalue weighted by Gasteiger charge is 2.18. The molecule has 0 saturated heterocycles. The topological polar surface area (TPSA) is 75.6 Å². The molecule has 0 unspecified atom stereocenters. The Morgan fingerprint density at radius 3 is 1.04 bits per heavy atom. The number of halogens is 1. The monoisotopic (exact) mass is 780 g/mol. The third kappa shape index (κ3) is 19.6. The summed E-state index contributed by atoms with van der Waals surface area (Å²) in [4.78, 5) is 14.2. The molecule has 0 amide bonds. The van der Waals surface area contributed by atoms with Crippen LogP contribution in [0.3, 0.4) is 0 Å². The van der Waals surface area contributed by atoms with Gasteiger partial charge in [-0.25, -0.2) is 4.98 Å². The van der Waals surface area contributed by atoms with Crippen molar-refractivity contribution >= 4 is 11.6 Å². The van der Waals surface area contributed by atoms with Crippen molar-refractivity contribution in [3.63, 3.8) is 0 Å². The second-order valence-corrected chi connectivity index (χ2v) is 15.4. The molecule has 7 nitrogen and oxygen atoms in total. The van der Waals surface area contributed by atoms with E-state index in [4.69, 9.17) is 35.5 Å². The van der Waals surface area contributed by atoms with Crippen LogP contribution in [0.4, 0.5) is 0 Å². The van der Waals surface area contributed by atoms with Gasteiger partial charge < -0.3 is 18.9 Å². The lowest BCUT2D eigenvalue weighted by molar-refractivity contribution is 0.290. The van der Waals surface area contributed by atoms with Gasteiger partial charge in [0, 0.05) is 12.1 Å². The zero-order chi connectivity index (χ0) is 39.2. The highest BCUT2D eigenvalue weighted by atomic mass is 35.5. The first-order valence-electron chi connectivity index (χ1n) is 22.3. The molecule has 1 heterocycles. The minimum absolute atomic E-state index is 0.121. The Kier molecular flexibility index (Phi) is 25.4.